The fourth-order valence-electron chi connectivity index (χ4n) is 2.07. The van der Waals surface area contributed by atoms with Crippen molar-refractivity contribution >= 4 is 5.91 Å². The van der Waals surface area contributed by atoms with Crippen LogP contribution in [-0.4, -0.2) is 48.8 Å². The molecule has 0 spiro atoms. The van der Waals surface area contributed by atoms with Crippen molar-refractivity contribution in [2.75, 3.05) is 26.9 Å². The molecular formula is C17H23NO3. The summed E-state index contributed by atoms with van der Waals surface area (Å²) in [6.45, 7) is 6.76. The normalized spacial score (nSPS) is 10.2. The van der Waals surface area contributed by atoms with Crippen LogP contribution in [0.15, 0.2) is 18.2 Å². The second kappa shape index (κ2) is 8.46. The summed E-state index contributed by atoms with van der Waals surface area (Å²) in [7, 11) is 1.62. The molecule has 1 aromatic rings. The van der Waals surface area contributed by atoms with E-state index in [0.717, 1.165) is 11.1 Å². The number of aryl methyl sites for hydroxylation is 1. The highest BCUT2D eigenvalue weighted by Crippen LogP contribution is 2.13. The molecule has 0 fully saturated rings. The van der Waals surface area contributed by atoms with E-state index in [-0.39, 0.29) is 18.6 Å². The zero-order chi connectivity index (χ0) is 15.8. The van der Waals surface area contributed by atoms with Crippen molar-refractivity contribution < 1.29 is 14.6 Å². The van der Waals surface area contributed by atoms with Crippen molar-refractivity contribution in [1.29, 1.82) is 0 Å². The maximum absolute atomic E-state index is 12.6. The molecule has 0 bridgehead atoms. The van der Waals surface area contributed by atoms with Crippen molar-refractivity contribution in [2.24, 2.45) is 0 Å². The molecule has 0 unspecified atom stereocenters. The van der Waals surface area contributed by atoms with Gasteiger partial charge in [0.15, 0.2) is 0 Å². The van der Waals surface area contributed by atoms with Crippen LogP contribution in [0, 0.1) is 18.8 Å². The van der Waals surface area contributed by atoms with Crippen LogP contribution in [0.1, 0.15) is 35.3 Å². The number of ether oxygens (including phenoxy) is 1. The average molecular weight is 289 g/mol. The SMILES string of the molecule is COCCN(C(=O)c1cc(C)cc(C#CCO)c1)C(C)C. The molecule has 1 amide bonds. The lowest BCUT2D eigenvalue weighted by Gasteiger charge is -2.26. The average Bonchev–Trinajstić information content (AvgIpc) is 2.44. The Morgan fingerprint density at radius 1 is 1.38 bits per heavy atom. The maximum Gasteiger partial charge on any atom is 0.254 e. The van der Waals surface area contributed by atoms with Gasteiger partial charge in [-0.05, 0) is 44.5 Å². The highest BCUT2D eigenvalue weighted by Gasteiger charge is 2.19. The van der Waals surface area contributed by atoms with Gasteiger partial charge in [-0.25, -0.2) is 0 Å². The summed E-state index contributed by atoms with van der Waals surface area (Å²) in [5, 5.41) is 8.77. The molecule has 0 aliphatic heterocycles. The fraction of sp³-hybridized carbons (Fsp3) is 0.471. The third-order valence-corrected chi connectivity index (χ3v) is 3.06. The Bertz CT molecular complexity index is 541. The van der Waals surface area contributed by atoms with Crippen LogP contribution < -0.4 is 0 Å². The van der Waals surface area contributed by atoms with E-state index in [1.165, 1.54) is 0 Å². The molecule has 0 aliphatic carbocycles. The van der Waals surface area contributed by atoms with Crippen LogP contribution in [0.2, 0.25) is 0 Å². The van der Waals surface area contributed by atoms with Gasteiger partial charge in [-0.3, -0.25) is 4.79 Å². The molecule has 0 saturated heterocycles. The van der Waals surface area contributed by atoms with E-state index >= 15 is 0 Å². The first-order chi connectivity index (χ1) is 9.99. The Hall–Kier alpha value is -1.83. The highest BCUT2D eigenvalue weighted by molar-refractivity contribution is 5.95. The van der Waals surface area contributed by atoms with Crippen molar-refractivity contribution in [3.8, 4) is 11.8 Å². The van der Waals surface area contributed by atoms with E-state index in [9.17, 15) is 4.79 Å². The number of rotatable bonds is 5. The zero-order valence-electron chi connectivity index (χ0n) is 13.1. The van der Waals surface area contributed by atoms with E-state index in [0.29, 0.717) is 18.7 Å². The Morgan fingerprint density at radius 2 is 2.10 bits per heavy atom. The van der Waals surface area contributed by atoms with Gasteiger partial charge in [0.1, 0.15) is 6.61 Å². The molecule has 0 atom stereocenters. The lowest BCUT2D eigenvalue weighted by atomic mass is 10.0. The van der Waals surface area contributed by atoms with Gasteiger partial charge in [0, 0.05) is 30.8 Å². The van der Waals surface area contributed by atoms with Crippen LogP contribution in [0.3, 0.4) is 0 Å². The van der Waals surface area contributed by atoms with Gasteiger partial charge in [0.2, 0.25) is 0 Å². The molecule has 0 saturated carbocycles. The minimum Gasteiger partial charge on any atom is -0.384 e. The first kappa shape index (κ1) is 17.2. The maximum atomic E-state index is 12.6. The molecule has 4 heteroatoms. The summed E-state index contributed by atoms with van der Waals surface area (Å²) in [5.74, 6) is 5.42. The standard InChI is InChI=1S/C17H23NO3/c1-13(2)18(7-9-21-4)17(20)16-11-14(3)10-15(12-16)6-5-8-19/h10-13,19H,7-9H2,1-4H3. The van der Waals surface area contributed by atoms with Crippen LogP contribution in [0.5, 0.6) is 0 Å². The van der Waals surface area contributed by atoms with Crippen LogP contribution >= 0.6 is 0 Å². The largest absolute Gasteiger partial charge is 0.384 e. The predicted molar refractivity (Wildman–Crippen MR) is 83.2 cm³/mol. The van der Waals surface area contributed by atoms with E-state index in [1.807, 2.05) is 32.9 Å². The second-order valence-electron chi connectivity index (χ2n) is 5.13. The Kier molecular flexibility index (Phi) is 6.93. The molecule has 0 heterocycles. The number of aliphatic hydroxyl groups excluding tert-OH is 1. The third-order valence-electron chi connectivity index (χ3n) is 3.06. The number of aliphatic hydroxyl groups is 1. The lowest BCUT2D eigenvalue weighted by molar-refractivity contribution is 0.0635. The van der Waals surface area contributed by atoms with E-state index in [1.54, 1.807) is 18.1 Å². The van der Waals surface area contributed by atoms with Gasteiger partial charge in [-0.1, -0.05) is 11.8 Å². The lowest BCUT2D eigenvalue weighted by Crippen LogP contribution is -2.39. The summed E-state index contributed by atoms with van der Waals surface area (Å²) in [5.41, 5.74) is 2.32. The molecule has 4 nitrogen and oxygen atoms in total. The predicted octanol–water partition coefficient (Wildman–Crippen LogP) is 1.84. The zero-order valence-corrected chi connectivity index (χ0v) is 13.1. The Balaban J connectivity index is 3.06. The van der Waals surface area contributed by atoms with Crippen LogP contribution in [0.25, 0.3) is 0 Å². The summed E-state index contributed by atoms with van der Waals surface area (Å²) in [6.07, 6.45) is 0. The second-order valence-corrected chi connectivity index (χ2v) is 5.13. The van der Waals surface area contributed by atoms with Gasteiger partial charge < -0.3 is 14.7 Å². The summed E-state index contributed by atoms with van der Waals surface area (Å²) in [6, 6.07) is 5.61. The number of carbonyl (C=O) groups excluding carboxylic acids is 1. The molecule has 21 heavy (non-hydrogen) atoms. The summed E-state index contributed by atoms with van der Waals surface area (Å²) < 4.78 is 5.07. The molecule has 0 radical (unpaired) electrons. The monoisotopic (exact) mass is 289 g/mol. The van der Waals surface area contributed by atoms with Crippen LogP contribution in [0.4, 0.5) is 0 Å². The minimum absolute atomic E-state index is 0.0298. The number of nitrogens with zero attached hydrogens (tertiary/aromatic N) is 1. The van der Waals surface area contributed by atoms with Crippen molar-refractivity contribution in [1.82, 2.24) is 4.90 Å². The molecule has 114 valence electrons. The molecule has 0 aromatic heterocycles. The van der Waals surface area contributed by atoms with Gasteiger partial charge >= 0.3 is 0 Å². The van der Waals surface area contributed by atoms with E-state index in [4.69, 9.17) is 9.84 Å². The Morgan fingerprint density at radius 3 is 2.67 bits per heavy atom. The molecule has 1 rings (SSSR count). The molecule has 1 aromatic carbocycles. The van der Waals surface area contributed by atoms with Crippen molar-refractivity contribution in [2.45, 2.75) is 26.8 Å². The van der Waals surface area contributed by atoms with Gasteiger partial charge in [-0.15, -0.1) is 0 Å². The van der Waals surface area contributed by atoms with E-state index < -0.39 is 0 Å². The van der Waals surface area contributed by atoms with Crippen LogP contribution in [-0.2, 0) is 4.74 Å². The molecular weight excluding hydrogens is 266 g/mol. The summed E-state index contributed by atoms with van der Waals surface area (Å²) >= 11 is 0. The number of hydrogen-bond acceptors (Lipinski definition) is 3. The quantitative estimate of drug-likeness (QED) is 0.841. The van der Waals surface area contributed by atoms with Crippen molar-refractivity contribution in [3.05, 3.63) is 34.9 Å². The van der Waals surface area contributed by atoms with E-state index in [2.05, 4.69) is 11.8 Å². The number of hydrogen-bond donors (Lipinski definition) is 1. The number of amides is 1. The third kappa shape index (κ3) is 5.22. The first-order valence-corrected chi connectivity index (χ1v) is 7.01. The first-order valence-electron chi connectivity index (χ1n) is 7.01. The van der Waals surface area contributed by atoms with Gasteiger partial charge in [0.25, 0.3) is 5.91 Å². The van der Waals surface area contributed by atoms with Crippen molar-refractivity contribution in [3.63, 3.8) is 0 Å². The number of methoxy groups -OCH3 is 1. The van der Waals surface area contributed by atoms with Gasteiger partial charge in [-0.2, -0.15) is 0 Å². The Labute approximate surface area is 126 Å². The number of benzene rings is 1. The fourth-order valence-corrected chi connectivity index (χ4v) is 2.07. The summed E-state index contributed by atoms with van der Waals surface area (Å²) in [4.78, 5) is 14.4. The highest BCUT2D eigenvalue weighted by atomic mass is 16.5. The smallest absolute Gasteiger partial charge is 0.254 e. The number of carbonyl (C=O) groups is 1. The minimum atomic E-state index is -0.191. The topological polar surface area (TPSA) is 49.8 Å². The van der Waals surface area contributed by atoms with Gasteiger partial charge in [0.05, 0.1) is 6.61 Å². The molecule has 1 N–H and O–H groups in total. The molecule has 0 aliphatic rings.